The van der Waals surface area contributed by atoms with Crippen molar-refractivity contribution in [1.82, 2.24) is 10.9 Å². The van der Waals surface area contributed by atoms with Crippen LogP contribution in [0.1, 0.15) is 36.5 Å². The zero-order valence-corrected chi connectivity index (χ0v) is 9.69. The number of phenolic OH excluding ortho intramolecular Hbond substituents is 1. The number of carbonyl (C=O) groups excluding carboxylic acids is 2. The lowest BCUT2D eigenvalue weighted by Crippen LogP contribution is -2.41. The molecule has 0 saturated heterocycles. The van der Waals surface area contributed by atoms with Crippen molar-refractivity contribution in [1.29, 1.82) is 0 Å². The monoisotopic (exact) mass is 236 g/mol. The Labute approximate surface area is 99.8 Å². The fraction of sp³-hybridized carbons (Fsp3) is 0.333. The number of unbranched alkanes of at least 4 members (excludes halogenated alkanes) is 1. The molecule has 0 spiro atoms. The van der Waals surface area contributed by atoms with Crippen LogP contribution in [0.5, 0.6) is 5.75 Å². The molecular formula is C12H16N2O3. The van der Waals surface area contributed by atoms with Crippen molar-refractivity contribution in [2.24, 2.45) is 0 Å². The van der Waals surface area contributed by atoms with Crippen molar-refractivity contribution in [3.05, 3.63) is 29.8 Å². The van der Waals surface area contributed by atoms with Gasteiger partial charge >= 0.3 is 0 Å². The second-order valence-electron chi connectivity index (χ2n) is 3.65. The molecule has 0 heterocycles. The molecule has 0 fully saturated rings. The Balaban J connectivity index is 2.39. The van der Waals surface area contributed by atoms with E-state index in [0.717, 1.165) is 12.8 Å². The van der Waals surface area contributed by atoms with Gasteiger partial charge in [0.05, 0.1) is 0 Å². The second kappa shape index (κ2) is 6.52. The van der Waals surface area contributed by atoms with Crippen LogP contribution in [0.4, 0.5) is 0 Å². The van der Waals surface area contributed by atoms with E-state index in [2.05, 4.69) is 10.9 Å². The summed E-state index contributed by atoms with van der Waals surface area (Å²) in [4.78, 5) is 22.8. The Morgan fingerprint density at radius 2 is 1.82 bits per heavy atom. The molecule has 3 N–H and O–H groups in total. The predicted molar refractivity (Wildman–Crippen MR) is 63.2 cm³/mol. The smallest absolute Gasteiger partial charge is 0.269 e. The topological polar surface area (TPSA) is 78.4 Å². The summed E-state index contributed by atoms with van der Waals surface area (Å²) in [5, 5.41) is 9.05. The second-order valence-corrected chi connectivity index (χ2v) is 3.65. The molecule has 0 aliphatic carbocycles. The summed E-state index contributed by atoms with van der Waals surface area (Å²) in [6, 6.07) is 5.77. The highest BCUT2D eigenvalue weighted by atomic mass is 16.3. The van der Waals surface area contributed by atoms with Gasteiger partial charge in [-0.1, -0.05) is 13.3 Å². The molecule has 2 amide bonds. The van der Waals surface area contributed by atoms with E-state index in [0.29, 0.717) is 12.0 Å². The van der Waals surface area contributed by atoms with Crippen molar-refractivity contribution < 1.29 is 14.7 Å². The Morgan fingerprint density at radius 3 is 2.41 bits per heavy atom. The van der Waals surface area contributed by atoms with Crippen LogP contribution in [0, 0.1) is 0 Å². The van der Waals surface area contributed by atoms with Gasteiger partial charge < -0.3 is 5.11 Å². The van der Waals surface area contributed by atoms with Crippen molar-refractivity contribution in [3.8, 4) is 5.75 Å². The van der Waals surface area contributed by atoms with Gasteiger partial charge in [0.1, 0.15) is 5.75 Å². The Bertz CT molecular complexity index is 387. The van der Waals surface area contributed by atoms with E-state index in [4.69, 9.17) is 5.11 Å². The van der Waals surface area contributed by atoms with Crippen LogP contribution in [0.15, 0.2) is 24.3 Å². The van der Waals surface area contributed by atoms with Crippen LogP contribution >= 0.6 is 0 Å². The first kappa shape index (κ1) is 13.0. The van der Waals surface area contributed by atoms with Crippen LogP contribution in [-0.4, -0.2) is 16.9 Å². The molecule has 0 saturated carbocycles. The molecule has 5 nitrogen and oxygen atoms in total. The molecule has 0 aliphatic heterocycles. The zero-order valence-electron chi connectivity index (χ0n) is 9.69. The number of carbonyl (C=O) groups is 2. The van der Waals surface area contributed by atoms with Gasteiger partial charge in [-0.15, -0.1) is 0 Å². The van der Waals surface area contributed by atoms with Crippen LogP contribution in [-0.2, 0) is 4.79 Å². The first-order chi connectivity index (χ1) is 8.13. The first-order valence-electron chi connectivity index (χ1n) is 5.51. The first-order valence-corrected chi connectivity index (χ1v) is 5.51. The Morgan fingerprint density at radius 1 is 1.18 bits per heavy atom. The van der Waals surface area contributed by atoms with Crippen molar-refractivity contribution in [2.45, 2.75) is 26.2 Å². The number of amides is 2. The van der Waals surface area contributed by atoms with Gasteiger partial charge in [-0.2, -0.15) is 0 Å². The third kappa shape index (κ3) is 4.55. The molecule has 92 valence electrons. The highest BCUT2D eigenvalue weighted by Crippen LogP contribution is 2.08. The summed E-state index contributed by atoms with van der Waals surface area (Å²) in [6.07, 6.45) is 2.12. The summed E-state index contributed by atoms with van der Waals surface area (Å²) < 4.78 is 0. The van der Waals surface area contributed by atoms with Crippen LogP contribution in [0.3, 0.4) is 0 Å². The van der Waals surface area contributed by atoms with Crippen molar-refractivity contribution in [3.63, 3.8) is 0 Å². The van der Waals surface area contributed by atoms with Gasteiger partial charge in [0, 0.05) is 12.0 Å². The predicted octanol–water partition coefficient (Wildman–Crippen LogP) is 1.34. The fourth-order valence-corrected chi connectivity index (χ4v) is 1.21. The normalized spacial score (nSPS) is 9.71. The molecular weight excluding hydrogens is 220 g/mol. The van der Waals surface area contributed by atoms with Crippen molar-refractivity contribution in [2.75, 3.05) is 0 Å². The number of hydrogen-bond donors (Lipinski definition) is 3. The molecule has 0 aliphatic rings. The molecule has 0 atom stereocenters. The van der Waals surface area contributed by atoms with E-state index in [1.54, 1.807) is 0 Å². The minimum atomic E-state index is -0.408. The SMILES string of the molecule is CCCCC(=O)NNC(=O)c1ccc(O)cc1. The molecule has 5 heteroatoms. The highest BCUT2D eigenvalue weighted by molar-refractivity contribution is 5.95. The maximum atomic E-state index is 11.5. The van der Waals surface area contributed by atoms with Gasteiger partial charge in [0.2, 0.25) is 5.91 Å². The molecule has 1 aromatic rings. The van der Waals surface area contributed by atoms with E-state index >= 15 is 0 Å². The summed E-state index contributed by atoms with van der Waals surface area (Å²) >= 11 is 0. The quantitative estimate of drug-likeness (QED) is 0.690. The number of aromatic hydroxyl groups is 1. The summed E-state index contributed by atoms with van der Waals surface area (Å²) in [5.74, 6) is -0.526. The van der Waals surface area contributed by atoms with Crippen LogP contribution < -0.4 is 10.9 Å². The van der Waals surface area contributed by atoms with Gasteiger partial charge in [0.25, 0.3) is 5.91 Å². The standard InChI is InChI=1S/C12H16N2O3/c1-2-3-4-11(16)13-14-12(17)9-5-7-10(15)8-6-9/h5-8,15H,2-4H2,1H3,(H,13,16)(H,14,17). The molecule has 1 aromatic carbocycles. The lowest BCUT2D eigenvalue weighted by Gasteiger charge is -2.06. The van der Waals surface area contributed by atoms with Gasteiger partial charge in [-0.3, -0.25) is 20.4 Å². The van der Waals surface area contributed by atoms with Gasteiger partial charge in [-0.05, 0) is 30.7 Å². The Kier molecular flexibility index (Phi) is 5.00. The van der Waals surface area contributed by atoms with E-state index in [1.165, 1.54) is 24.3 Å². The minimum absolute atomic E-state index is 0.0912. The van der Waals surface area contributed by atoms with E-state index < -0.39 is 5.91 Å². The number of hydrogen-bond acceptors (Lipinski definition) is 3. The summed E-state index contributed by atoms with van der Waals surface area (Å²) in [7, 11) is 0. The third-order valence-electron chi connectivity index (χ3n) is 2.20. The maximum Gasteiger partial charge on any atom is 0.269 e. The summed E-state index contributed by atoms with van der Waals surface area (Å²) in [5.41, 5.74) is 5.01. The number of hydrazine groups is 1. The van der Waals surface area contributed by atoms with E-state index in [1.807, 2.05) is 6.92 Å². The Hall–Kier alpha value is -2.04. The number of nitrogens with one attached hydrogen (secondary N) is 2. The number of benzene rings is 1. The summed E-state index contributed by atoms with van der Waals surface area (Å²) in [6.45, 7) is 1.99. The van der Waals surface area contributed by atoms with Crippen molar-refractivity contribution >= 4 is 11.8 Å². The lowest BCUT2D eigenvalue weighted by atomic mass is 10.2. The average molecular weight is 236 g/mol. The maximum absolute atomic E-state index is 11.5. The molecule has 0 radical (unpaired) electrons. The minimum Gasteiger partial charge on any atom is -0.508 e. The lowest BCUT2D eigenvalue weighted by molar-refractivity contribution is -0.121. The molecule has 17 heavy (non-hydrogen) atoms. The van der Waals surface area contributed by atoms with Gasteiger partial charge in [-0.25, -0.2) is 0 Å². The number of rotatable bonds is 4. The van der Waals surface area contributed by atoms with Crippen LogP contribution in [0.2, 0.25) is 0 Å². The molecule has 0 unspecified atom stereocenters. The number of phenols is 1. The van der Waals surface area contributed by atoms with E-state index in [9.17, 15) is 9.59 Å². The fourth-order valence-electron chi connectivity index (χ4n) is 1.21. The van der Waals surface area contributed by atoms with Crippen LogP contribution in [0.25, 0.3) is 0 Å². The molecule has 1 rings (SSSR count). The van der Waals surface area contributed by atoms with Gasteiger partial charge in [0.15, 0.2) is 0 Å². The molecule has 0 aromatic heterocycles. The third-order valence-corrected chi connectivity index (χ3v) is 2.20. The largest absolute Gasteiger partial charge is 0.508 e. The molecule has 0 bridgehead atoms. The average Bonchev–Trinajstić information content (AvgIpc) is 2.34. The zero-order chi connectivity index (χ0) is 12.7. The van der Waals surface area contributed by atoms with E-state index in [-0.39, 0.29) is 11.7 Å². The highest BCUT2D eigenvalue weighted by Gasteiger charge is 2.06.